The standard InChI is InChI=1S/C12H19N3O2/c1-4-12(5-2,17-3)11-14-9-7-13-6-8(9)10(16)15-11/h13H,4-7H2,1-3H3,(H,14,15,16). The summed E-state index contributed by atoms with van der Waals surface area (Å²) in [5.41, 5.74) is 1.09. The minimum Gasteiger partial charge on any atom is -0.370 e. The van der Waals surface area contributed by atoms with E-state index in [4.69, 9.17) is 4.74 Å². The van der Waals surface area contributed by atoms with E-state index in [0.717, 1.165) is 24.1 Å². The lowest BCUT2D eigenvalue weighted by Crippen LogP contribution is -2.33. The number of H-pyrrole nitrogens is 1. The summed E-state index contributed by atoms with van der Waals surface area (Å²) in [5, 5.41) is 3.14. The summed E-state index contributed by atoms with van der Waals surface area (Å²) in [6.07, 6.45) is 1.57. The van der Waals surface area contributed by atoms with Gasteiger partial charge < -0.3 is 15.0 Å². The molecule has 5 heteroatoms. The average molecular weight is 237 g/mol. The Hall–Kier alpha value is -1.20. The Morgan fingerprint density at radius 1 is 1.35 bits per heavy atom. The van der Waals surface area contributed by atoms with Crippen LogP contribution in [-0.4, -0.2) is 17.1 Å². The minimum absolute atomic E-state index is 0.0432. The molecule has 1 aromatic heterocycles. The summed E-state index contributed by atoms with van der Waals surface area (Å²) in [7, 11) is 1.67. The zero-order chi connectivity index (χ0) is 12.5. The number of fused-ring (bicyclic) bond motifs is 1. The Morgan fingerprint density at radius 3 is 2.65 bits per heavy atom. The molecule has 1 aromatic rings. The van der Waals surface area contributed by atoms with E-state index in [1.54, 1.807) is 7.11 Å². The fraction of sp³-hybridized carbons (Fsp3) is 0.667. The van der Waals surface area contributed by atoms with E-state index in [2.05, 4.69) is 15.3 Å². The molecule has 0 spiro atoms. The lowest BCUT2D eigenvalue weighted by atomic mass is 9.95. The molecule has 0 bridgehead atoms. The number of nitrogens with one attached hydrogen (secondary N) is 2. The molecule has 0 saturated heterocycles. The molecule has 0 fully saturated rings. The molecule has 0 radical (unpaired) electrons. The first-order valence-electron chi connectivity index (χ1n) is 6.05. The van der Waals surface area contributed by atoms with Crippen LogP contribution in [0.3, 0.4) is 0 Å². The van der Waals surface area contributed by atoms with Gasteiger partial charge in [-0.1, -0.05) is 13.8 Å². The number of aromatic amines is 1. The summed E-state index contributed by atoms with van der Waals surface area (Å²) < 4.78 is 5.58. The Bertz CT molecular complexity index is 455. The van der Waals surface area contributed by atoms with Crippen molar-refractivity contribution in [2.45, 2.75) is 45.4 Å². The summed E-state index contributed by atoms with van der Waals surface area (Å²) in [5.74, 6) is 0.650. The maximum absolute atomic E-state index is 11.9. The Kier molecular flexibility index (Phi) is 3.31. The molecule has 0 unspecified atom stereocenters. The van der Waals surface area contributed by atoms with Crippen molar-refractivity contribution in [1.82, 2.24) is 15.3 Å². The molecule has 1 aliphatic rings. The summed E-state index contributed by atoms with van der Waals surface area (Å²) >= 11 is 0. The summed E-state index contributed by atoms with van der Waals surface area (Å²) in [4.78, 5) is 19.4. The van der Waals surface area contributed by atoms with Crippen LogP contribution in [0, 0.1) is 0 Å². The average Bonchev–Trinajstić information content (AvgIpc) is 2.81. The quantitative estimate of drug-likeness (QED) is 0.821. The highest BCUT2D eigenvalue weighted by atomic mass is 16.5. The molecule has 5 nitrogen and oxygen atoms in total. The SMILES string of the molecule is CCC(CC)(OC)c1nc2c(c(=O)[nH]1)CNC2. The molecule has 17 heavy (non-hydrogen) atoms. The van der Waals surface area contributed by atoms with Crippen molar-refractivity contribution in [3.63, 3.8) is 0 Å². The highest BCUT2D eigenvalue weighted by Crippen LogP contribution is 2.29. The van der Waals surface area contributed by atoms with Gasteiger partial charge in [-0.15, -0.1) is 0 Å². The number of hydrogen-bond donors (Lipinski definition) is 2. The number of aromatic nitrogens is 2. The molecule has 2 rings (SSSR count). The van der Waals surface area contributed by atoms with Crippen LogP contribution in [0.5, 0.6) is 0 Å². The molecule has 0 saturated carbocycles. The molecule has 1 aliphatic heterocycles. The third-order valence-electron chi connectivity index (χ3n) is 3.66. The maximum atomic E-state index is 11.9. The Labute approximate surface area is 101 Å². The molecule has 0 amide bonds. The second-order valence-electron chi connectivity index (χ2n) is 4.35. The predicted molar refractivity (Wildman–Crippen MR) is 64.7 cm³/mol. The largest absolute Gasteiger partial charge is 0.370 e. The van der Waals surface area contributed by atoms with Crippen molar-refractivity contribution in [1.29, 1.82) is 0 Å². The first-order valence-corrected chi connectivity index (χ1v) is 6.05. The van der Waals surface area contributed by atoms with Gasteiger partial charge in [-0.2, -0.15) is 0 Å². The first kappa shape index (κ1) is 12.3. The lowest BCUT2D eigenvalue weighted by Gasteiger charge is -2.29. The van der Waals surface area contributed by atoms with Crippen LogP contribution in [0.4, 0.5) is 0 Å². The van der Waals surface area contributed by atoms with Crippen molar-refractivity contribution in [3.05, 3.63) is 27.4 Å². The van der Waals surface area contributed by atoms with Gasteiger partial charge in [0.05, 0.1) is 11.3 Å². The van der Waals surface area contributed by atoms with E-state index in [-0.39, 0.29) is 5.56 Å². The summed E-state index contributed by atoms with van der Waals surface area (Å²) in [6, 6.07) is 0. The smallest absolute Gasteiger partial charge is 0.255 e. The zero-order valence-corrected chi connectivity index (χ0v) is 10.6. The highest BCUT2D eigenvalue weighted by molar-refractivity contribution is 5.23. The van der Waals surface area contributed by atoms with Crippen molar-refractivity contribution in [2.24, 2.45) is 0 Å². The van der Waals surface area contributed by atoms with E-state index < -0.39 is 5.60 Å². The highest BCUT2D eigenvalue weighted by Gasteiger charge is 2.32. The predicted octanol–water partition coefficient (Wildman–Crippen LogP) is 1.03. The van der Waals surface area contributed by atoms with E-state index in [1.165, 1.54) is 0 Å². The van der Waals surface area contributed by atoms with Gasteiger partial charge >= 0.3 is 0 Å². The number of ether oxygens (including phenoxy) is 1. The molecule has 0 aliphatic carbocycles. The number of hydrogen-bond acceptors (Lipinski definition) is 4. The van der Waals surface area contributed by atoms with Crippen molar-refractivity contribution in [3.8, 4) is 0 Å². The van der Waals surface area contributed by atoms with Gasteiger partial charge in [-0.05, 0) is 12.8 Å². The van der Waals surface area contributed by atoms with Gasteiger partial charge in [-0.3, -0.25) is 4.79 Å². The molecule has 2 heterocycles. The van der Waals surface area contributed by atoms with Crippen LogP contribution < -0.4 is 10.9 Å². The fourth-order valence-electron chi connectivity index (χ4n) is 2.36. The Morgan fingerprint density at radius 2 is 2.06 bits per heavy atom. The second-order valence-corrected chi connectivity index (χ2v) is 4.35. The van der Waals surface area contributed by atoms with Crippen molar-refractivity contribution in [2.75, 3.05) is 7.11 Å². The van der Waals surface area contributed by atoms with E-state index in [0.29, 0.717) is 18.9 Å². The zero-order valence-electron chi connectivity index (χ0n) is 10.6. The van der Waals surface area contributed by atoms with Crippen LogP contribution in [0.15, 0.2) is 4.79 Å². The van der Waals surface area contributed by atoms with Crippen molar-refractivity contribution >= 4 is 0 Å². The molecular formula is C12H19N3O2. The Balaban J connectivity index is 2.53. The lowest BCUT2D eigenvalue weighted by molar-refractivity contribution is -0.0295. The normalized spacial score (nSPS) is 15.0. The van der Waals surface area contributed by atoms with Gasteiger partial charge in [0.1, 0.15) is 11.4 Å². The van der Waals surface area contributed by atoms with Crippen LogP contribution >= 0.6 is 0 Å². The van der Waals surface area contributed by atoms with Gasteiger partial charge in [-0.25, -0.2) is 4.98 Å². The van der Waals surface area contributed by atoms with Gasteiger partial charge in [0.2, 0.25) is 0 Å². The van der Waals surface area contributed by atoms with Crippen molar-refractivity contribution < 1.29 is 4.74 Å². The fourth-order valence-corrected chi connectivity index (χ4v) is 2.36. The molecular weight excluding hydrogens is 218 g/mol. The van der Waals surface area contributed by atoms with Crippen LogP contribution in [0.2, 0.25) is 0 Å². The molecule has 0 atom stereocenters. The third-order valence-corrected chi connectivity index (χ3v) is 3.66. The first-order chi connectivity index (χ1) is 8.16. The topological polar surface area (TPSA) is 67.0 Å². The minimum atomic E-state index is -0.475. The van der Waals surface area contributed by atoms with E-state index >= 15 is 0 Å². The van der Waals surface area contributed by atoms with E-state index in [1.807, 2.05) is 13.8 Å². The van der Waals surface area contributed by atoms with Crippen LogP contribution in [0.25, 0.3) is 0 Å². The van der Waals surface area contributed by atoms with E-state index in [9.17, 15) is 4.79 Å². The van der Waals surface area contributed by atoms with Gasteiger partial charge in [0, 0.05) is 20.2 Å². The van der Waals surface area contributed by atoms with Crippen LogP contribution in [0.1, 0.15) is 43.8 Å². The second kappa shape index (κ2) is 4.58. The summed E-state index contributed by atoms with van der Waals surface area (Å²) in [6.45, 7) is 5.35. The molecule has 2 N–H and O–H groups in total. The number of rotatable bonds is 4. The molecule has 0 aromatic carbocycles. The van der Waals surface area contributed by atoms with Gasteiger partial charge in [0.15, 0.2) is 0 Å². The molecule has 94 valence electrons. The monoisotopic (exact) mass is 237 g/mol. The maximum Gasteiger partial charge on any atom is 0.255 e. The number of methoxy groups -OCH3 is 1. The van der Waals surface area contributed by atoms with Gasteiger partial charge in [0.25, 0.3) is 5.56 Å². The number of nitrogens with zero attached hydrogens (tertiary/aromatic N) is 1. The third kappa shape index (κ3) is 1.89. The van der Waals surface area contributed by atoms with Crippen LogP contribution in [-0.2, 0) is 23.4 Å².